The summed E-state index contributed by atoms with van der Waals surface area (Å²) < 4.78 is 3.34. The molecule has 2 heterocycles. The first-order chi connectivity index (χ1) is 10.6. The lowest BCUT2D eigenvalue weighted by atomic mass is 10.2. The van der Waals surface area contributed by atoms with E-state index in [1.54, 1.807) is 22.4 Å². The normalized spacial score (nSPS) is 12.5. The van der Waals surface area contributed by atoms with E-state index in [0.29, 0.717) is 6.04 Å². The van der Waals surface area contributed by atoms with Gasteiger partial charge in [-0.05, 0) is 37.6 Å². The van der Waals surface area contributed by atoms with Crippen LogP contribution in [0.2, 0.25) is 0 Å². The number of anilines is 1. The summed E-state index contributed by atoms with van der Waals surface area (Å²) in [4.78, 5) is 16.9. The number of benzene rings is 1. The lowest BCUT2D eigenvalue weighted by Crippen LogP contribution is -2.21. The molecule has 1 N–H and O–H groups in total. The molecule has 5 heteroatoms. The summed E-state index contributed by atoms with van der Waals surface area (Å²) in [6.45, 7) is 4.24. The van der Waals surface area contributed by atoms with E-state index >= 15 is 0 Å². The number of rotatable bonds is 4. The Morgan fingerprint density at radius 3 is 2.55 bits per heavy atom. The molecule has 1 unspecified atom stereocenters. The lowest BCUT2D eigenvalue weighted by molar-refractivity contribution is 0.759. The predicted octanol–water partition coefficient (Wildman–Crippen LogP) is 2.93. The van der Waals surface area contributed by atoms with Gasteiger partial charge in [-0.2, -0.15) is 0 Å². The molecule has 0 amide bonds. The van der Waals surface area contributed by atoms with Gasteiger partial charge < -0.3 is 5.32 Å². The molecule has 5 nitrogen and oxygen atoms in total. The minimum absolute atomic E-state index is 0.0642. The lowest BCUT2D eigenvalue weighted by Gasteiger charge is -2.12. The average Bonchev–Trinajstić information content (AvgIpc) is 2.80. The zero-order chi connectivity index (χ0) is 15.7. The Labute approximate surface area is 129 Å². The van der Waals surface area contributed by atoms with Crippen molar-refractivity contribution < 1.29 is 0 Å². The van der Waals surface area contributed by atoms with Crippen LogP contribution in [0.15, 0.2) is 47.4 Å². The molecule has 0 fully saturated rings. The number of nitrogens with one attached hydrogen (secondary N) is 1. The maximum atomic E-state index is 12.5. The van der Waals surface area contributed by atoms with E-state index in [9.17, 15) is 4.79 Å². The van der Waals surface area contributed by atoms with Gasteiger partial charge in [0.15, 0.2) is 0 Å². The van der Waals surface area contributed by atoms with Crippen LogP contribution in [0.5, 0.6) is 0 Å². The number of hydrogen-bond acceptors (Lipinski definition) is 3. The third-order valence-electron chi connectivity index (χ3n) is 3.97. The van der Waals surface area contributed by atoms with E-state index in [2.05, 4.69) is 24.1 Å². The maximum Gasteiger partial charge on any atom is 0.333 e. The average molecular weight is 296 g/mol. The monoisotopic (exact) mass is 296 g/mol. The summed E-state index contributed by atoms with van der Waals surface area (Å²) in [5.41, 5.74) is 2.51. The second kappa shape index (κ2) is 5.67. The fraction of sp³-hybridized carbons (Fsp3) is 0.294. The molecule has 2 aromatic heterocycles. The van der Waals surface area contributed by atoms with Gasteiger partial charge in [-0.15, -0.1) is 0 Å². The zero-order valence-corrected chi connectivity index (χ0v) is 13.1. The Morgan fingerprint density at radius 2 is 1.91 bits per heavy atom. The highest BCUT2D eigenvalue weighted by Gasteiger charge is 2.12. The molecule has 114 valence electrons. The van der Waals surface area contributed by atoms with Gasteiger partial charge in [0.2, 0.25) is 0 Å². The molecule has 0 saturated carbocycles. The van der Waals surface area contributed by atoms with E-state index in [4.69, 9.17) is 0 Å². The van der Waals surface area contributed by atoms with Crippen molar-refractivity contribution in [2.45, 2.75) is 26.3 Å². The summed E-state index contributed by atoms with van der Waals surface area (Å²) in [6.07, 6.45) is 2.77. The Bertz CT molecular complexity index is 845. The van der Waals surface area contributed by atoms with Gasteiger partial charge in [0.1, 0.15) is 5.82 Å². The van der Waals surface area contributed by atoms with Crippen molar-refractivity contribution in [1.29, 1.82) is 0 Å². The molecule has 0 spiro atoms. The Morgan fingerprint density at radius 1 is 1.18 bits per heavy atom. The SMILES string of the molecule is CCC(C)Nc1ccc(-n2c(=O)n(C)c3ccccc32)cn1. The van der Waals surface area contributed by atoms with Crippen LogP contribution in [0.3, 0.4) is 0 Å². The Hall–Kier alpha value is -2.56. The molecular formula is C17H20N4O. The number of aryl methyl sites for hydroxylation is 1. The van der Waals surface area contributed by atoms with Crippen molar-refractivity contribution >= 4 is 16.9 Å². The van der Waals surface area contributed by atoms with Gasteiger partial charge in [0.25, 0.3) is 0 Å². The summed E-state index contributed by atoms with van der Waals surface area (Å²) in [6, 6.07) is 12.0. The third kappa shape index (κ3) is 2.39. The molecule has 1 atom stereocenters. The molecule has 3 aromatic rings. The van der Waals surface area contributed by atoms with Gasteiger partial charge in [0.05, 0.1) is 22.9 Å². The molecule has 0 radical (unpaired) electrons. The minimum atomic E-state index is -0.0642. The van der Waals surface area contributed by atoms with Crippen molar-refractivity contribution in [2.24, 2.45) is 7.05 Å². The van der Waals surface area contributed by atoms with E-state index in [-0.39, 0.29) is 5.69 Å². The molecule has 0 aliphatic carbocycles. The number of para-hydroxylation sites is 2. The Balaban J connectivity index is 2.05. The number of fused-ring (bicyclic) bond motifs is 1. The Kier molecular flexibility index (Phi) is 3.71. The van der Waals surface area contributed by atoms with Crippen LogP contribution in [-0.2, 0) is 7.05 Å². The predicted molar refractivity (Wildman–Crippen MR) is 89.7 cm³/mol. The van der Waals surface area contributed by atoms with Crippen LogP contribution >= 0.6 is 0 Å². The molecule has 1 aromatic carbocycles. The van der Waals surface area contributed by atoms with Crippen LogP contribution in [0.25, 0.3) is 16.7 Å². The van der Waals surface area contributed by atoms with Crippen LogP contribution in [0, 0.1) is 0 Å². The second-order valence-corrected chi connectivity index (χ2v) is 5.52. The molecule has 3 rings (SSSR count). The van der Waals surface area contributed by atoms with Gasteiger partial charge in [0, 0.05) is 13.1 Å². The van der Waals surface area contributed by atoms with Gasteiger partial charge >= 0.3 is 5.69 Å². The van der Waals surface area contributed by atoms with Crippen molar-refractivity contribution in [3.63, 3.8) is 0 Å². The number of nitrogens with zero attached hydrogens (tertiary/aromatic N) is 3. The van der Waals surface area contributed by atoms with Gasteiger partial charge in [-0.1, -0.05) is 19.1 Å². The maximum absolute atomic E-state index is 12.5. The summed E-state index contributed by atoms with van der Waals surface area (Å²) in [7, 11) is 1.79. The van der Waals surface area contributed by atoms with Crippen molar-refractivity contribution in [3.8, 4) is 5.69 Å². The zero-order valence-electron chi connectivity index (χ0n) is 13.1. The van der Waals surface area contributed by atoms with E-state index in [1.165, 1.54) is 0 Å². The largest absolute Gasteiger partial charge is 0.368 e. The molecule has 22 heavy (non-hydrogen) atoms. The van der Waals surface area contributed by atoms with Crippen LogP contribution < -0.4 is 11.0 Å². The van der Waals surface area contributed by atoms with Gasteiger partial charge in [-0.25, -0.2) is 9.78 Å². The highest BCUT2D eigenvalue weighted by molar-refractivity contribution is 5.77. The topological polar surface area (TPSA) is 51.9 Å². The number of pyridine rings is 1. The van der Waals surface area contributed by atoms with Crippen molar-refractivity contribution in [3.05, 3.63) is 53.1 Å². The quantitative estimate of drug-likeness (QED) is 0.805. The second-order valence-electron chi connectivity index (χ2n) is 5.52. The molecule has 0 bridgehead atoms. The van der Waals surface area contributed by atoms with Crippen LogP contribution in [0.1, 0.15) is 20.3 Å². The first kappa shape index (κ1) is 14.4. The summed E-state index contributed by atoms with van der Waals surface area (Å²) in [5, 5.41) is 3.32. The van der Waals surface area contributed by atoms with E-state index in [0.717, 1.165) is 29.0 Å². The molecular weight excluding hydrogens is 276 g/mol. The summed E-state index contributed by atoms with van der Waals surface area (Å²) in [5.74, 6) is 0.825. The van der Waals surface area contributed by atoms with Gasteiger partial charge in [-0.3, -0.25) is 9.13 Å². The van der Waals surface area contributed by atoms with Crippen molar-refractivity contribution in [2.75, 3.05) is 5.32 Å². The highest BCUT2D eigenvalue weighted by atomic mass is 16.1. The number of hydrogen-bond donors (Lipinski definition) is 1. The molecule has 0 saturated heterocycles. The summed E-state index contributed by atoms with van der Waals surface area (Å²) >= 11 is 0. The van der Waals surface area contributed by atoms with Crippen LogP contribution in [-0.4, -0.2) is 20.2 Å². The minimum Gasteiger partial charge on any atom is -0.368 e. The third-order valence-corrected chi connectivity index (χ3v) is 3.97. The van der Waals surface area contributed by atoms with E-state index in [1.807, 2.05) is 36.4 Å². The number of imidazole rings is 1. The first-order valence-corrected chi connectivity index (χ1v) is 7.51. The van der Waals surface area contributed by atoms with Crippen molar-refractivity contribution in [1.82, 2.24) is 14.1 Å². The first-order valence-electron chi connectivity index (χ1n) is 7.51. The fourth-order valence-electron chi connectivity index (χ4n) is 2.50. The number of aromatic nitrogens is 3. The van der Waals surface area contributed by atoms with E-state index < -0.39 is 0 Å². The standard InChI is InChI=1S/C17H20N4O/c1-4-12(2)19-16-10-9-13(11-18-16)21-15-8-6-5-7-14(15)20(3)17(21)22/h5-12H,4H2,1-3H3,(H,18,19). The molecule has 0 aliphatic heterocycles. The highest BCUT2D eigenvalue weighted by Crippen LogP contribution is 2.17. The molecule has 0 aliphatic rings. The van der Waals surface area contributed by atoms with Crippen LogP contribution in [0.4, 0.5) is 5.82 Å². The smallest absolute Gasteiger partial charge is 0.333 e. The fourth-order valence-corrected chi connectivity index (χ4v) is 2.50.